The van der Waals surface area contributed by atoms with Crippen LogP contribution in [0.4, 0.5) is 0 Å². The van der Waals surface area contributed by atoms with Crippen LogP contribution in [0.1, 0.15) is 12.8 Å². The zero-order chi connectivity index (χ0) is 13.0. The van der Waals surface area contributed by atoms with Crippen molar-refractivity contribution in [2.45, 2.75) is 17.7 Å². The van der Waals surface area contributed by atoms with E-state index in [0.29, 0.717) is 17.4 Å². The highest BCUT2D eigenvalue weighted by atomic mass is 32.2. The van der Waals surface area contributed by atoms with Gasteiger partial charge in [0.15, 0.2) is 9.84 Å². The number of nitrogens with one attached hydrogen (secondary N) is 1. The fourth-order valence-electron chi connectivity index (χ4n) is 2.09. The first-order chi connectivity index (χ1) is 8.55. The van der Waals surface area contributed by atoms with Crippen molar-refractivity contribution >= 4 is 9.84 Å². The van der Waals surface area contributed by atoms with Gasteiger partial charge in [-0.25, -0.2) is 8.42 Å². The number of sulfone groups is 1. The minimum atomic E-state index is -3.12. The van der Waals surface area contributed by atoms with Gasteiger partial charge in [0, 0.05) is 6.26 Å². The van der Waals surface area contributed by atoms with Gasteiger partial charge < -0.3 is 10.1 Å². The molecule has 5 heteroatoms. The second kappa shape index (κ2) is 5.71. The summed E-state index contributed by atoms with van der Waals surface area (Å²) in [5.41, 5.74) is 0. The lowest BCUT2D eigenvalue weighted by Gasteiger charge is -2.10. The molecule has 100 valence electrons. The molecule has 1 aromatic carbocycles. The third kappa shape index (κ3) is 3.71. The van der Waals surface area contributed by atoms with Gasteiger partial charge in [0.05, 0.1) is 11.5 Å². The Morgan fingerprint density at radius 2 is 2.06 bits per heavy atom. The van der Waals surface area contributed by atoms with Crippen LogP contribution in [0.25, 0.3) is 0 Å². The molecular formula is C13H19NO3S. The first-order valence-corrected chi connectivity index (χ1v) is 8.08. The summed E-state index contributed by atoms with van der Waals surface area (Å²) in [6.07, 6.45) is 3.47. The van der Waals surface area contributed by atoms with Gasteiger partial charge in [-0.2, -0.15) is 0 Å². The van der Waals surface area contributed by atoms with E-state index >= 15 is 0 Å². The molecule has 1 unspecified atom stereocenters. The van der Waals surface area contributed by atoms with Gasteiger partial charge in [0.1, 0.15) is 5.75 Å². The molecule has 1 atom stereocenters. The Hall–Kier alpha value is -1.07. The molecule has 1 aliphatic heterocycles. The molecule has 1 aliphatic rings. The average Bonchev–Trinajstić information content (AvgIpc) is 2.82. The first kappa shape index (κ1) is 13.4. The fraction of sp³-hybridized carbons (Fsp3) is 0.538. The van der Waals surface area contributed by atoms with Crippen molar-refractivity contribution in [1.82, 2.24) is 5.32 Å². The third-order valence-corrected chi connectivity index (χ3v) is 4.34. The van der Waals surface area contributed by atoms with Crippen molar-refractivity contribution < 1.29 is 13.2 Å². The summed E-state index contributed by atoms with van der Waals surface area (Å²) in [6, 6.07) is 6.59. The summed E-state index contributed by atoms with van der Waals surface area (Å²) in [4.78, 5) is 0.329. The lowest BCUT2D eigenvalue weighted by molar-refractivity contribution is 0.283. The van der Waals surface area contributed by atoms with Crippen LogP contribution < -0.4 is 10.1 Å². The normalized spacial score (nSPS) is 19.9. The number of benzene rings is 1. The number of hydrogen-bond donors (Lipinski definition) is 1. The molecule has 4 nitrogen and oxygen atoms in total. The van der Waals surface area contributed by atoms with Crippen LogP contribution >= 0.6 is 0 Å². The van der Waals surface area contributed by atoms with E-state index in [-0.39, 0.29) is 0 Å². The summed E-state index contributed by atoms with van der Waals surface area (Å²) >= 11 is 0. The minimum absolute atomic E-state index is 0.329. The number of hydrogen-bond acceptors (Lipinski definition) is 4. The number of ether oxygens (including phenoxy) is 1. The summed E-state index contributed by atoms with van der Waals surface area (Å²) in [7, 11) is -3.12. The second-order valence-electron chi connectivity index (χ2n) is 4.74. The monoisotopic (exact) mass is 269 g/mol. The van der Waals surface area contributed by atoms with Crippen molar-refractivity contribution in [1.29, 1.82) is 0 Å². The minimum Gasteiger partial charge on any atom is -0.494 e. The highest BCUT2D eigenvalue weighted by Gasteiger charge is 2.14. The Morgan fingerprint density at radius 1 is 1.33 bits per heavy atom. The van der Waals surface area contributed by atoms with E-state index in [0.717, 1.165) is 25.3 Å². The van der Waals surface area contributed by atoms with Gasteiger partial charge >= 0.3 is 0 Å². The van der Waals surface area contributed by atoms with Crippen molar-refractivity contribution in [2.75, 3.05) is 26.0 Å². The molecular weight excluding hydrogens is 250 g/mol. The van der Waals surface area contributed by atoms with Gasteiger partial charge in [-0.3, -0.25) is 0 Å². The number of rotatable bonds is 5. The van der Waals surface area contributed by atoms with Gasteiger partial charge in [-0.05, 0) is 56.1 Å². The SMILES string of the molecule is CS(=O)(=O)c1ccc(OCCC2CCNC2)cc1. The molecule has 1 saturated heterocycles. The van der Waals surface area contributed by atoms with Gasteiger partial charge in [-0.15, -0.1) is 0 Å². The molecule has 0 radical (unpaired) electrons. The fourth-order valence-corrected chi connectivity index (χ4v) is 2.72. The quantitative estimate of drug-likeness (QED) is 0.879. The molecule has 18 heavy (non-hydrogen) atoms. The topological polar surface area (TPSA) is 55.4 Å². The van der Waals surface area contributed by atoms with Crippen LogP contribution in [-0.4, -0.2) is 34.4 Å². The molecule has 0 aliphatic carbocycles. The highest BCUT2D eigenvalue weighted by molar-refractivity contribution is 7.90. The standard InChI is InChI=1S/C13H19NO3S/c1-18(15,16)13-4-2-12(3-5-13)17-9-7-11-6-8-14-10-11/h2-5,11,14H,6-10H2,1H3. The van der Waals surface area contributed by atoms with E-state index in [1.807, 2.05) is 0 Å². The Balaban J connectivity index is 1.83. The summed E-state index contributed by atoms with van der Waals surface area (Å²) in [6.45, 7) is 2.87. The molecule has 0 amide bonds. The van der Waals surface area contributed by atoms with Gasteiger partial charge in [0.25, 0.3) is 0 Å². The van der Waals surface area contributed by atoms with Crippen molar-refractivity contribution in [3.8, 4) is 5.75 Å². The highest BCUT2D eigenvalue weighted by Crippen LogP contribution is 2.17. The molecule has 0 spiro atoms. The van der Waals surface area contributed by atoms with Crippen LogP contribution in [0.15, 0.2) is 29.2 Å². The maximum atomic E-state index is 11.3. The van der Waals surface area contributed by atoms with Crippen LogP contribution in [-0.2, 0) is 9.84 Å². The van der Waals surface area contributed by atoms with Crippen molar-refractivity contribution in [2.24, 2.45) is 5.92 Å². The predicted molar refractivity (Wildman–Crippen MR) is 70.6 cm³/mol. The van der Waals surface area contributed by atoms with E-state index in [4.69, 9.17) is 4.74 Å². The largest absolute Gasteiger partial charge is 0.494 e. The van der Waals surface area contributed by atoms with Crippen LogP contribution in [0.5, 0.6) is 5.75 Å². The second-order valence-corrected chi connectivity index (χ2v) is 6.76. The molecule has 1 N–H and O–H groups in total. The molecule has 0 bridgehead atoms. The maximum absolute atomic E-state index is 11.3. The van der Waals surface area contributed by atoms with Crippen LogP contribution in [0, 0.1) is 5.92 Å². The van der Waals surface area contributed by atoms with E-state index < -0.39 is 9.84 Å². The smallest absolute Gasteiger partial charge is 0.175 e. The molecule has 0 saturated carbocycles. The van der Waals surface area contributed by atoms with Crippen molar-refractivity contribution in [3.63, 3.8) is 0 Å². The van der Waals surface area contributed by atoms with E-state index in [2.05, 4.69) is 5.32 Å². The Kier molecular flexibility index (Phi) is 4.24. The zero-order valence-corrected chi connectivity index (χ0v) is 11.4. The lowest BCUT2D eigenvalue weighted by atomic mass is 10.1. The predicted octanol–water partition coefficient (Wildman–Crippen LogP) is 1.47. The van der Waals surface area contributed by atoms with Crippen LogP contribution in [0.3, 0.4) is 0 Å². The zero-order valence-electron chi connectivity index (χ0n) is 10.6. The van der Waals surface area contributed by atoms with E-state index in [1.165, 1.54) is 12.7 Å². The molecule has 2 rings (SSSR count). The Bertz CT molecular complexity index is 475. The Labute approximate surface area is 108 Å². The lowest BCUT2D eigenvalue weighted by Crippen LogP contribution is -2.11. The molecule has 1 fully saturated rings. The average molecular weight is 269 g/mol. The van der Waals surface area contributed by atoms with Crippen molar-refractivity contribution in [3.05, 3.63) is 24.3 Å². The molecule has 1 heterocycles. The van der Waals surface area contributed by atoms with Gasteiger partial charge in [0.2, 0.25) is 0 Å². The molecule has 0 aromatic heterocycles. The maximum Gasteiger partial charge on any atom is 0.175 e. The summed E-state index contributed by atoms with van der Waals surface area (Å²) < 4.78 is 28.2. The van der Waals surface area contributed by atoms with E-state index in [1.54, 1.807) is 24.3 Å². The van der Waals surface area contributed by atoms with Gasteiger partial charge in [-0.1, -0.05) is 0 Å². The summed E-state index contributed by atoms with van der Waals surface area (Å²) in [5, 5.41) is 3.32. The van der Waals surface area contributed by atoms with Crippen LogP contribution in [0.2, 0.25) is 0 Å². The van der Waals surface area contributed by atoms with E-state index in [9.17, 15) is 8.42 Å². The Morgan fingerprint density at radius 3 is 2.61 bits per heavy atom. The molecule has 1 aromatic rings. The summed E-state index contributed by atoms with van der Waals surface area (Å²) in [5.74, 6) is 1.44. The first-order valence-electron chi connectivity index (χ1n) is 6.19. The third-order valence-electron chi connectivity index (χ3n) is 3.21.